The minimum Gasteiger partial charge on any atom is -0.395 e. The second-order valence-electron chi connectivity index (χ2n) is 3.88. The third-order valence-electron chi connectivity index (χ3n) is 2.48. The molecule has 0 radical (unpaired) electrons. The van der Waals surface area contributed by atoms with Gasteiger partial charge in [0.2, 0.25) is 0 Å². The number of aliphatic hydroxyl groups excluding tert-OH is 1. The Morgan fingerprint density at radius 2 is 2.25 bits per heavy atom. The van der Waals surface area contributed by atoms with Gasteiger partial charge in [-0.3, -0.25) is 4.98 Å². The van der Waals surface area contributed by atoms with Gasteiger partial charge < -0.3 is 10.8 Å². The molecule has 16 heavy (non-hydrogen) atoms. The van der Waals surface area contributed by atoms with E-state index in [1.807, 2.05) is 25.1 Å². The molecule has 0 saturated carbocycles. The van der Waals surface area contributed by atoms with Gasteiger partial charge in [-0.1, -0.05) is 19.9 Å². The van der Waals surface area contributed by atoms with Crippen LogP contribution in [0.1, 0.15) is 31.2 Å². The molecule has 0 fully saturated rings. The molecule has 3 nitrogen and oxygen atoms in total. The van der Waals surface area contributed by atoms with Crippen LogP contribution < -0.4 is 5.73 Å². The zero-order chi connectivity index (χ0) is 12.0. The van der Waals surface area contributed by atoms with Crippen molar-refractivity contribution >= 4 is 11.8 Å². The zero-order valence-electron chi connectivity index (χ0n) is 9.84. The summed E-state index contributed by atoms with van der Waals surface area (Å²) in [5.74, 6) is 0. The van der Waals surface area contributed by atoms with Crippen LogP contribution in [0.2, 0.25) is 0 Å². The summed E-state index contributed by atoms with van der Waals surface area (Å²) in [4.78, 5) is 4.35. The molecule has 1 heterocycles. The van der Waals surface area contributed by atoms with Crippen molar-refractivity contribution in [2.75, 3.05) is 6.61 Å². The quantitative estimate of drug-likeness (QED) is 0.798. The van der Waals surface area contributed by atoms with Crippen LogP contribution in [0.5, 0.6) is 0 Å². The lowest BCUT2D eigenvalue weighted by Gasteiger charge is -2.24. The number of hydrogen-bond donors (Lipinski definition) is 2. The van der Waals surface area contributed by atoms with Crippen LogP contribution in [-0.4, -0.2) is 28.0 Å². The summed E-state index contributed by atoms with van der Waals surface area (Å²) in [6.07, 6.45) is 2.70. The number of rotatable bonds is 6. The van der Waals surface area contributed by atoms with Crippen molar-refractivity contribution in [1.29, 1.82) is 0 Å². The number of pyridine rings is 1. The van der Waals surface area contributed by atoms with E-state index in [0.717, 1.165) is 12.1 Å². The van der Waals surface area contributed by atoms with Gasteiger partial charge in [-0.05, 0) is 18.6 Å². The molecular weight excluding hydrogens is 220 g/mol. The molecule has 4 heteroatoms. The average molecular weight is 240 g/mol. The summed E-state index contributed by atoms with van der Waals surface area (Å²) in [6.45, 7) is 4.25. The normalized spacial score (nSPS) is 16.8. The van der Waals surface area contributed by atoms with Crippen LogP contribution in [0.15, 0.2) is 24.4 Å². The molecule has 1 rings (SSSR count). The average Bonchev–Trinajstić information content (AvgIpc) is 2.35. The maximum Gasteiger partial charge on any atom is 0.0624 e. The highest BCUT2D eigenvalue weighted by atomic mass is 32.2. The smallest absolute Gasteiger partial charge is 0.0624 e. The van der Waals surface area contributed by atoms with Crippen LogP contribution in [0, 0.1) is 0 Å². The zero-order valence-corrected chi connectivity index (χ0v) is 10.7. The molecule has 0 bridgehead atoms. The van der Waals surface area contributed by atoms with E-state index in [9.17, 15) is 0 Å². The molecule has 1 aromatic rings. The summed E-state index contributed by atoms with van der Waals surface area (Å²) in [5, 5.41) is 9.45. The first kappa shape index (κ1) is 13.5. The fourth-order valence-electron chi connectivity index (χ4n) is 1.44. The maximum absolute atomic E-state index is 9.10. The van der Waals surface area contributed by atoms with Gasteiger partial charge in [0.25, 0.3) is 0 Å². The lowest BCUT2D eigenvalue weighted by atomic mass is 10.1. The molecule has 90 valence electrons. The van der Waals surface area contributed by atoms with Gasteiger partial charge in [-0.25, -0.2) is 0 Å². The molecule has 0 aliphatic carbocycles. The van der Waals surface area contributed by atoms with E-state index in [1.165, 1.54) is 0 Å². The van der Waals surface area contributed by atoms with Crippen LogP contribution >= 0.6 is 11.8 Å². The second kappa shape index (κ2) is 6.89. The van der Waals surface area contributed by atoms with E-state index in [0.29, 0.717) is 0 Å². The largest absolute Gasteiger partial charge is 0.395 e. The van der Waals surface area contributed by atoms with Crippen LogP contribution in [-0.2, 0) is 0 Å². The van der Waals surface area contributed by atoms with Crippen LogP contribution in [0.4, 0.5) is 0 Å². The SMILES string of the molecule is CCC(N)C(SC(C)CO)c1ccccn1. The van der Waals surface area contributed by atoms with Gasteiger partial charge in [0, 0.05) is 17.5 Å². The predicted octanol–water partition coefficient (Wildman–Crippen LogP) is 1.97. The van der Waals surface area contributed by atoms with Gasteiger partial charge in [0.15, 0.2) is 0 Å². The number of thioether (sulfide) groups is 1. The molecule has 0 aliphatic rings. The Hall–Kier alpha value is -0.580. The fraction of sp³-hybridized carbons (Fsp3) is 0.583. The highest BCUT2D eigenvalue weighted by Gasteiger charge is 2.22. The van der Waals surface area contributed by atoms with Crippen molar-refractivity contribution in [1.82, 2.24) is 4.98 Å². The van der Waals surface area contributed by atoms with Crippen molar-refractivity contribution in [3.63, 3.8) is 0 Å². The molecule has 0 amide bonds. The lowest BCUT2D eigenvalue weighted by molar-refractivity contribution is 0.299. The van der Waals surface area contributed by atoms with Crippen molar-refractivity contribution in [3.05, 3.63) is 30.1 Å². The van der Waals surface area contributed by atoms with Gasteiger partial charge >= 0.3 is 0 Å². The molecule has 0 aromatic carbocycles. The molecule has 0 aliphatic heterocycles. The standard InChI is InChI=1S/C12H20N2OS/c1-3-10(13)12(16-9(2)8-15)11-6-4-5-7-14-11/h4-7,9-10,12,15H,3,8,13H2,1-2H3. The topological polar surface area (TPSA) is 59.1 Å². The van der Waals surface area contributed by atoms with E-state index in [1.54, 1.807) is 18.0 Å². The van der Waals surface area contributed by atoms with E-state index in [-0.39, 0.29) is 23.1 Å². The number of aliphatic hydroxyl groups is 1. The molecule has 0 spiro atoms. The van der Waals surface area contributed by atoms with Crippen molar-refractivity contribution in [3.8, 4) is 0 Å². The Labute approximate surface area is 101 Å². The highest BCUT2D eigenvalue weighted by Crippen LogP contribution is 2.34. The third kappa shape index (κ3) is 3.77. The van der Waals surface area contributed by atoms with Gasteiger partial charge in [0.05, 0.1) is 17.6 Å². The fourth-order valence-corrected chi connectivity index (χ4v) is 2.70. The van der Waals surface area contributed by atoms with E-state index in [2.05, 4.69) is 11.9 Å². The predicted molar refractivity (Wildman–Crippen MR) is 69.4 cm³/mol. The van der Waals surface area contributed by atoms with Gasteiger partial charge in [-0.2, -0.15) is 0 Å². The first-order valence-electron chi connectivity index (χ1n) is 5.61. The third-order valence-corrected chi connectivity index (χ3v) is 3.97. The molecule has 3 N–H and O–H groups in total. The molecule has 3 unspecified atom stereocenters. The number of aromatic nitrogens is 1. The molecule has 0 saturated heterocycles. The summed E-state index contributed by atoms with van der Waals surface area (Å²) < 4.78 is 0. The van der Waals surface area contributed by atoms with Crippen LogP contribution in [0.25, 0.3) is 0 Å². The Kier molecular flexibility index (Phi) is 5.80. The monoisotopic (exact) mass is 240 g/mol. The van der Waals surface area contributed by atoms with Crippen molar-refractivity contribution in [2.45, 2.75) is 36.8 Å². The first-order chi connectivity index (χ1) is 7.69. The van der Waals surface area contributed by atoms with E-state index in [4.69, 9.17) is 10.8 Å². The lowest BCUT2D eigenvalue weighted by Crippen LogP contribution is -2.28. The summed E-state index contributed by atoms with van der Waals surface area (Å²) in [5.41, 5.74) is 7.11. The first-order valence-corrected chi connectivity index (χ1v) is 6.56. The van der Waals surface area contributed by atoms with E-state index >= 15 is 0 Å². The van der Waals surface area contributed by atoms with Crippen LogP contribution in [0.3, 0.4) is 0 Å². The minimum atomic E-state index is 0.0777. The summed E-state index contributed by atoms with van der Waals surface area (Å²) >= 11 is 1.69. The molecule has 3 atom stereocenters. The molecular formula is C12H20N2OS. The second-order valence-corrected chi connectivity index (χ2v) is 5.46. The van der Waals surface area contributed by atoms with Crippen molar-refractivity contribution < 1.29 is 5.11 Å². The summed E-state index contributed by atoms with van der Waals surface area (Å²) in [6, 6.07) is 5.95. The van der Waals surface area contributed by atoms with Crippen molar-refractivity contribution in [2.24, 2.45) is 5.73 Å². The van der Waals surface area contributed by atoms with Gasteiger partial charge in [0.1, 0.15) is 0 Å². The number of hydrogen-bond acceptors (Lipinski definition) is 4. The number of nitrogens with two attached hydrogens (primary N) is 1. The number of nitrogens with zero attached hydrogens (tertiary/aromatic N) is 1. The molecule has 1 aromatic heterocycles. The Morgan fingerprint density at radius 3 is 2.75 bits per heavy atom. The highest BCUT2D eigenvalue weighted by molar-refractivity contribution is 8.00. The Balaban J connectivity index is 2.79. The van der Waals surface area contributed by atoms with Gasteiger partial charge in [-0.15, -0.1) is 11.8 Å². The minimum absolute atomic E-state index is 0.0777. The maximum atomic E-state index is 9.10. The summed E-state index contributed by atoms with van der Waals surface area (Å²) in [7, 11) is 0. The Morgan fingerprint density at radius 1 is 1.50 bits per heavy atom. The van der Waals surface area contributed by atoms with E-state index < -0.39 is 0 Å². The Bertz CT molecular complexity index is 294.